The highest BCUT2D eigenvalue weighted by Crippen LogP contribution is 2.39. The van der Waals surface area contributed by atoms with E-state index in [0.29, 0.717) is 11.7 Å². The molecule has 0 radical (unpaired) electrons. The number of rotatable bonds is 5. The van der Waals surface area contributed by atoms with Gasteiger partial charge in [0, 0.05) is 12.3 Å². The van der Waals surface area contributed by atoms with Gasteiger partial charge in [-0.1, -0.05) is 51.9 Å². The average molecular weight is 250 g/mol. The molecule has 0 spiro atoms. The van der Waals surface area contributed by atoms with Crippen molar-refractivity contribution in [3.05, 3.63) is 0 Å². The Bertz CT molecular complexity index is 250. The number of hydrogen-bond acceptors (Lipinski definition) is 1. The molecule has 0 aromatic rings. The number of unbranched alkanes of at least 4 members (excludes halogenated alkanes) is 2. The van der Waals surface area contributed by atoms with E-state index in [-0.39, 0.29) is 0 Å². The predicted octanol–water partition coefficient (Wildman–Crippen LogP) is 5.13. The summed E-state index contributed by atoms with van der Waals surface area (Å²) < 4.78 is 0. The second kappa shape index (κ2) is 7.31. The Morgan fingerprint density at radius 2 is 1.78 bits per heavy atom. The van der Waals surface area contributed by atoms with Gasteiger partial charge in [-0.3, -0.25) is 4.79 Å². The third-order valence-corrected chi connectivity index (χ3v) is 5.28. The van der Waals surface area contributed by atoms with Crippen molar-refractivity contribution in [2.24, 2.45) is 17.8 Å². The fraction of sp³-hybridized carbons (Fsp3) is 0.941. The van der Waals surface area contributed by atoms with Crippen LogP contribution in [0.4, 0.5) is 0 Å². The molecule has 2 saturated carbocycles. The molecule has 0 aromatic carbocycles. The first-order valence-corrected chi connectivity index (χ1v) is 8.34. The Kier molecular flexibility index (Phi) is 5.72. The van der Waals surface area contributed by atoms with Crippen molar-refractivity contribution in [2.75, 3.05) is 0 Å². The second-order valence-corrected chi connectivity index (χ2v) is 6.60. The van der Waals surface area contributed by atoms with Crippen LogP contribution in [0.15, 0.2) is 0 Å². The zero-order chi connectivity index (χ0) is 12.8. The van der Waals surface area contributed by atoms with Gasteiger partial charge in [0.2, 0.25) is 0 Å². The fourth-order valence-electron chi connectivity index (χ4n) is 4.07. The highest BCUT2D eigenvalue weighted by atomic mass is 16.1. The molecule has 2 aliphatic carbocycles. The van der Waals surface area contributed by atoms with Gasteiger partial charge in [0.25, 0.3) is 0 Å². The van der Waals surface area contributed by atoms with Crippen LogP contribution in [0.3, 0.4) is 0 Å². The summed E-state index contributed by atoms with van der Waals surface area (Å²) in [6.45, 7) is 2.28. The largest absolute Gasteiger partial charge is 0.299 e. The lowest BCUT2D eigenvalue weighted by Crippen LogP contribution is -2.30. The summed E-state index contributed by atoms with van der Waals surface area (Å²) in [4.78, 5) is 12.0. The molecular weight excluding hydrogens is 220 g/mol. The Hall–Kier alpha value is -0.330. The monoisotopic (exact) mass is 250 g/mol. The lowest BCUT2D eigenvalue weighted by molar-refractivity contribution is -0.127. The molecule has 2 rings (SSSR count). The van der Waals surface area contributed by atoms with Crippen molar-refractivity contribution in [3.8, 4) is 0 Å². The average Bonchev–Trinajstić information content (AvgIpc) is 2.41. The zero-order valence-electron chi connectivity index (χ0n) is 12.1. The minimum atomic E-state index is 0.454. The van der Waals surface area contributed by atoms with Crippen LogP contribution in [0.25, 0.3) is 0 Å². The summed E-state index contributed by atoms with van der Waals surface area (Å²) in [5.41, 5.74) is 0. The summed E-state index contributed by atoms with van der Waals surface area (Å²) in [7, 11) is 0. The molecule has 2 fully saturated rings. The van der Waals surface area contributed by atoms with Gasteiger partial charge >= 0.3 is 0 Å². The van der Waals surface area contributed by atoms with Gasteiger partial charge in [-0.2, -0.15) is 0 Å². The summed E-state index contributed by atoms with van der Waals surface area (Å²) in [5.74, 6) is 2.78. The number of carbonyl (C=O) groups excluding carboxylic acids is 1. The third-order valence-electron chi connectivity index (χ3n) is 5.28. The van der Waals surface area contributed by atoms with Crippen molar-refractivity contribution in [2.45, 2.75) is 84.0 Å². The molecule has 1 atom stereocenters. The van der Waals surface area contributed by atoms with Gasteiger partial charge < -0.3 is 0 Å². The van der Waals surface area contributed by atoms with Crippen LogP contribution < -0.4 is 0 Å². The Balaban J connectivity index is 1.70. The smallest absolute Gasteiger partial charge is 0.136 e. The second-order valence-electron chi connectivity index (χ2n) is 6.60. The van der Waals surface area contributed by atoms with Gasteiger partial charge in [0.15, 0.2) is 0 Å². The van der Waals surface area contributed by atoms with Crippen molar-refractivity contribution in [1.29, 1.82) is 0 Å². The Labute approximate surface area is 113 Å². The maximum Gasteiger partial charge on any atom is 0.136 e. The van der Waals surface area contributed by atoms with E-state index >= 15 is 0 Å². The molecule has 0 amide bonds. The molecule has 18 heavy (non-hydrogen) atoms. The molecule has 0 aliphatic heterocycles. The molecule has 0 N–H and O–H groups in total. The minimum absolute atomic E-state index is 0.454. The molecule has 0 aromatic heterocycles. The molecule has 0 bridgehead atoms. The van der Waals surface area contributed by atoms with E-state index in [2.05, 4.69) is 6.92 Å². The molecule has 104 valence electrons. The maximum absolute atomic E-state index is 12.0. The number of ketones is 1. The SMILES string of the molecule is CCCCCC1CCC(C2CCCCC2=O)CC1. The summed E-state index contributed by atoms with van der Waals surface area (Å²) >= 11 is 0. The molecule has 1 nitrogen and oxygen atoms in total. The zero-order valence-corrected chi connectivity index (χ0v) is 12.1. The normalized spacial score (nSPS) is 33.6. The van der Waals surface area contributed by atoms with Gasteiger partial charge in [-0.05, 0) is 37.5 Å². The maximum atomic E-state index is 12.0. The van der Waals surface area contributed by atoms with Crippen molar-refractivity contribution in [1.82, 2.24) is 0 Å². The molecular formula is C17H30O. The van der Waals surface area contributed by atoms with Crippen LogP contribution in [0.5, 0.6) is 0 Å². The lowest BCUT2D eigenvalue weighted by atomic mass is 9.70. The Morgan fingerprint density at radius 3 is 2.44 bits per heavy atom. The van der Waals surface area contributed by atoms with Crippen LogP contribution in [-0.4, -0.2) is 5.78 Å². The standard InChI is InChI=1S/C17H30O/c1-2-3-4-7-14-10-12-15(13-11-14)16-8-5-6-9-17(16)18/h14-16H,2-13H2,1H3. The summed E-state index contributed by atoms with van der Waals surface area (Å²) in [5, 5.41) is 0. The topological polar surface area (TPSA) is 17.1 Å². The van der Waals surface area contributed by atoms with Crippen LogP contribution in [0, 0.1) is 17.8 Å². The first-order valence-electron chi connectivity index (χ1n) is 8.34. The van der Waals surface area contributed by atoms with E-state index in [0.717, 1.165) is 24.7 Å². The molecule has 0 heterocycles. The van der Waals surface area contributed by atoms with Gasteiger partial charge in [0.1, 0.15) is 5.78 Å². The molecule has 1 heteroatoms. The number of carbonyl (C=O) groups is 1. The quantitative estimate of drug-likeness (QED) is 0.618. The van der Waals surface area contributed by atoms with Crippen molar-refractivity contribution in [3.63, 3.8) is 0 Å². The highest BCUT2D eigenvalue weighted by molar-refractivity contribution is 5.81. The first-order chi connectivity index (χ1) is 8.81. The number of Topliss-reactive ketones (excluding diaryl/α,β-unsaturated/α-hetero) is 1. The minimum Gasteiger partial charge on any atom is -0.299 e. The van der Waals surface area contributed by atoms with Crippen molar-refractivity contribution >= 4 is 5.78 Å². The van der Waals surface area contributed by atoms with E-state index in [1.165, 1.54) is 64.2 Å². The van der Waals surface area contributed by atoms with E-state index < -0.39 is 0 Å². The third kappa shape index (κ3) is 3.83. The van der Waals surface area contributed by atoms with Crippen LogP contribution in [-0.2, 0) is 4.79 Å². The number of hydrogen-bond donors (Lipinski definition) is 0. The van der Waals surface area contributed by atoms with E-state index in [1.807, 2.05) is 0 Å². The van der Waals surface area contributed by atoms with Gasteiger partial charge in [0.05, 0.1) is 0 Å². The van der Waals surface area contributed by atoms with Gasteiger partial charge in [-0.15, -0.1) is 0 Å². The first kappa shape index (κ1) is 14.1. The summed E-state index contributed by atoms with van der Waals surface area (Å²) in [6, 6.07) is 0. The van der Waals surface area contributed by atoms with Gasteiger partial charge in [-0.25, -0.2) is 0 Å². The van der Waals surface area contributed by atoms with Crippen LogP contribution in [0.1, 0.15) is 84.0 Å². The fourth-order valence-corrected chi connectivity index (χ4v) is 4.07. The lowest BCUT2D eigenvalue weighted by Gasteiger charge is -2.35. The van der Waals surface area contributed by atoms with E-state index in [9.17, 15) is 4.79 Å². The molecule has 1 unspecified atom stereocenters. The molecule has 2 aliphatic rings. The van der Waals surface area contributed by atoms with Crippen LogP contribution >= 0.6 is 0 Å². The van der Waals surface area contributed by atoms with E-state index in [4.69, 9.17) is 0 Å². The van der Waals surface area contributed by atoms with E-state index in [1.54, 1.807) is 0 Å². The predicted molar refractivity (Wildman–Crippen MR) is 76.6 cm³/mol. The molecule has 0 saturated heterocycles. The van der Waals surface area contributed by atoms with Crippen molar-refractivity contribution < 1.29 is 4.79 Å². The summed E-state index contributed by atoms with van der Waals surface area (Å²) in [6.07, 6.45) is 15.6. The highest BCUT2D eigenvalue weighted by Gasteiger charge is 2.32. The van der Waals surface area contributed by atoms with Crippen LogP contribution in [0.2, 0.25) is 0 Å². The Morgan fingerprint density at radius 1 is 1.00 bits per heavy atom.